The van der Waals surface area contributed by atoms with Gasteiger partial charge in [0.1, 0.15) is 0 Å². The van der Waals surface area contributed by atoms with Gasteiger partial charge in [-0.15, -0.1) is 0 Å². The minimum absolute atomic E-state index is 0.171. The van der Waals surface area contributed by atoms with E-state index in [2.05, 4.69) is 60.7 Å². The molecule has 1 aliphatic rings. The summed E-state index contributed by atoms with van der Waals surface area (Å²) < 4.78 is 13.0. The van der Waals surface area contributed by atoms with Crippen molar-refractivity contribution < 1.29 is 4.21 Å². The lowest BCUT2D eigenvalue weighted by molar-refractivity contribution is 0.641. The van der Waals surface area contributed by atoms with Crippen molar-refractivity contribution >= 4 is 38.4 Å². The lowest BCUT2D eigenvalue weighted by Gasteiger charge is -2.21. The van der Waals surface area contributed by atoms with Gasteiger partial charge in [0.05, 0.1) is 0 Å². The summed E-state index contributed by atoms with van der Waals surface area (Å²) in [7, 11) is 0.926. The summed E-state index contributed by atoms with van der Waals surface area (Å²) in [6.07, 6.45) is 1.07. The molecule has 0 saturated carbocycles. The normalized spacial score (nSPS) is 19.8. The van der Waals surface area contributed by atoms with E-state index >= 15 is 0 Å². The van der Waals surface area contributed by atoms with Crippen LogP contribution in [0.4, 0.5) is 5.69 Å². The van der Waals surface area contributed by atoms with E-state index in [9.17, 15) is 4.21 Å². The highest BCUT2D eigenvalue weighted by molar-refractivity contribution is 9.10. The van der Waals surface area contributed by atoms with Crippen LogP contribution < -0.4 is 15.5 Å². The van der Waals surface area contributed by atoms with Gasteiger partial charge in [-0.1, -0.05) is 15.9 Å². The summed E-state index contributed by atoms with van der Waals surface area (Å²) in [6, 6.07) is 8.79. The highest BCUT2D eigenvalue weighted by Crippen LogP contribution is 2.22. The predicted molar refractivity (Wildman–Crippen MR) is 112 cm³/mol. The third kappa shape index (κ3) is 6.29. The number of guanidine groups is 1. The van der Waals surface area contributed by atoms with Gasteiger partial charge in [-0.05, 0) is 51.5 Å². The zero-order chi connectivity index (χ0) is 18.4. The number of hydrogen-bond donors (Lipinski definition) is 2. The highest BCUT2D eigenvalue weighted by atomic mass is 79.9. The molecule has 1 aromatic rings. The summed E-state index contributed by atoms with van der Waals surface area (Å²) >= 11 is 3.48. The Balaban J connectivity index is 1.79. The standard InChI is InChI=1S/C18H29BrN4OS/c1-18(2,3)25(24)12-10-21-17(20-4)22-15-9-11-23(13-15)16-7-5-14(19)6-8-16/h5-8,15H,9-13H2,1-4H3,(H2,20,21,22). The van der Waals surface area contributed by atoms with Crippen LogP contribution >= 0.6 is 15.9 Å². The fraction of sp³-hybridized carbons (Fsp3) is 0.611. The third-order valence-electron chi connectivity index (χ3n) is 4.21. The lowest BCUT2D eigenvalue weighted by Crippen LogP contribution is -2.46. The van der Waals surface area contributed by atoms with Crippen molar-refractivity contribution in [2.45, 2.75) is 38.0 Å². The quantitative estimate of drug-likeness (QED) is 0.558. The summed E-state index contributed by atoms with van der Waals surface area (Å²) in [4.78, 5) is 6.67. The van der Waals surface area contributed by atoms with Gasteiger partial charge in [0.2, 0.25) is 0 Å². The van der Waals surface area contributed by atoms with Gasteiger partial charge in [0.15, 0.2) is 5.96 Å². The van der Waals surface area contributed by atoms with E-state index in [0.717, 1.165) is 29.9 Å². The Hall–Kier alpha value is -1.08. The van der Waals surface area contributed by atoms with Gasteiger partial charge in [-0.2, -0.15) is 0 Å². The number of hydrogen-bond acceptors (Lipinski definition) is 3. The van der Waals surface area contributed by atoms with Crippen LogP contribution in [0.15, 0.2) is 33.7 Å². The average Bonchev–Trinajstić information content (AvgIpc) is 3.02. The summed E-state index contributed by atoms with van der Waals surface area (Å²) in [6.45, 7) is 8.66. The lowest BCUT2D eigenvalue weighted by atomic mass is 10.3. The van der Waals surface area contributed by atoms with Crippen molar-refractivity contribution in [3.05, 3.63) is 28.7 Å². The van der Waals surface area contributed by atoms with Gasteiger partial charge in [0.25, 0.3) is 0 Å². The second-order valence-electron chi connectivity index (χ2n) is 7.21. The molecule has 2 N–H and O–H groups in total. The summed E-state index contributed by atoms with van der Waals surface area (Å²) in [5.74, 6) is 1.41. The molecule has 25 heavy (non-hydrogen) atoms. The zero-order valence-corrected chi connectivity index (χ0v) is 17.9. The number of halogens is 1. The average molecular weight is 429 g/mol. The molecule has 0 spiro atoms. The fourth-order valence-corrected chi connectivity index (χ4v) is 3.88. The monoisotopic (exact) mass is 428 g/mol. The Kier molecular flexibility index (Phi) is 7.31. The molecule has 1 heterocycles. The Labute approximate surface area is 162 Å². The predicted octanol–water partition coefficient (Wildman–Crippen LogP) is 2.74. The maximum Gasteiger partial charge on any atom is 0.191 e. The van der Waals surface area contributed by atoms with E-state index in [4.69, 9.17) is 0 Å². The van der Waals surface area contributed by atoms with E-state index in [1.807, 2.05) is 20.8 Å². The molecule has 2 rings (SSSR count). The molecule has 2 unspecified atom stereocenters. The van der Waals surface area contributed by atoms with Crippen molar-refractivity contribution in [1.82, 2.24) is 10.6 Å². The fourth-order valence-electron chi connectivity index (χ4n) is 2.72. The first-order chi connectivity index (χ1) is 11.8. The SMILES string of the molecule is CN=C(NCCS(=O)C(C)(C)C)NC1CCN(c2ccc(Br)cc2)C1. The van der Waals surface area contributed by atoms with Gasteiger partial charge in [-0.25, -0.2) is 0 Å². The smallest absolute Gasteiger partial charge is 0.191 e. The van der Waals surface area contributed by atoms with Gasteiger partial charge in [0, 0.05) is 64.2 Å². The van der Waals surface area contributed by atoms with E-state index < -0.39 is 10.8 Å². The van der Waals surface area contributed by atoms with Crippen molar-refractivity contribution in [2.75, 3.05) is 37.3 Å². The largest absolute Gasteiger partial charge is 0.369 e. The Morgan fingerprint density at radius 1 is 1.36 bits per heavy atom. The first-order valence-electron chi connectivity index (χ1n) is 8.66. The molecule has 0 aromatic heterocycles. The molecule has 7 heteroatoms. The maximum absolute atomic E-state index is 12.1. The topological polar surface area (TPSA) is 56.7 Å². The zero-order valence-electron chi connectivity index (χ0n) is 15.5. The van der Waals surface area contributed by atoms with Crippen LogP contribution in [0.1, 0.15) is 27.2 Å². The number of nitrogens with zero attached hydrogens (tertiary/aromatic N) is 2. The molecule has 2 atom stereocenters. The van der Waals surface area contributed by atoms with Crippen LogP contribution in [0.2, 0.25) is 0 Å². The van der Waals surface area contributed by atoms with E-state index in [-0.39, 0.29) is 4.75 Å². The number of benzene rings is 1. The van der Waals surface area contributed by atoms with Gasteiger partial charge >= 0.3 is 0 Å². The molecule has 1 saturated heterocycles. The molecule has 1 aromatic carbocycles. The minimum atomic E-state index is -0.850. The van der Waals surface area contributed by atoms with Crippen LogP contribution in [0.25, 0.3) is 0 Å². The van der Waals surface area contributed by atoms with Gasteiger partial charge in [-0.3, -0.25) is 9.20 Å². The molecule has 140 valence electrons. The second kappa shape index (κ2) is 9.03. The molecule has 0 amide bonds. The molecule has 0 aliphatic carbocycles. The molecular formula is C18H29BrN4OS. The van der Waals surface area contributed by atoms with Crippen molar-refractivity contribution in [2.24, 2.45) is 4.99 Å². The van der Waals surface area contributed by atoms with Crippen molar-refractivity contribution in [1.29, 1.82) is 0 Å². The first kappa shape index (κ1) is 20.2. The van der Waals surface area contributed by atoms with Crippen LogP contribution in [0.3, 0.4) is 0 Å². The molecule has 1 fully saturated rings. The number of aliphatic imine (C=N–C) groups is 1. The number of nitrogens with one attached hydrogen (secondary N) is 2. The Morgan fingerprint density at radius 3 is 2.64 bits per heavy atom. The molecule has 5 nitrogen and oxygen atoms in total. The van der Waals surface area contributed by atoms with Crippen molar-refractivity contribution in [3.63, 3.8) is 0 Å². The summed E-state index contributed by atoms with van der Waals surface area (Å²) in [5, 5.41) is 6.76. The van der Waals surface area contributed by atoms with Crippen LogP contribution in [0.5, 0.6) is 0 Å². The second-order valence-corrected chi connectivity index (χ2v) is 10.5. The first-order valence-corrected chi connectivity index (χ1v) is 10.8. The molecule has 1 aliphatic heterocycles. The molecule has 0 radical (unpaired) electrons. The maximum atomic E-state index is 12.1. The molecule has 0 bridgehead atoms. The Morgan fingerprint density at radius 2 is 2.04 bits per heavy atom. The third-order valence-corrected chi connectivity index (χ3v) is 6.68. The van der Waals surface area contributed by atoms with Crippen LogP contribution in [0, 0.1) is 0 Å². The van der Waals surface area contributed by atoms with Crippen LogP contribution in [-0.4, -0.2) is 53.4 Å². The van der Waals surface area contributed by atoms with Crippen LogP contribution in [-0.2, 0) is 10.8 Å². The highest BCUT2D eigenvalue weighted by Gasteiger charge is 2.24. The van der Waals surface area contributed by atoms with E-state index in [1.165, 1.54) is 5.69 Å². The van der Waals surface area contributed by atoms with Crippen molar-refractivity contribution in [3.8, 4) is 0 Å². The number of rotatable bonds is 5. The number of anilines is 1. The van der Waals surface area contributed by atoms with E-state index in [0.29, 0.717) is 18.3 Å². The van der Waals surface area contributed by atoms with E-state index in [1.54, 1.807) is 7.05 Å². The van der Waals surface area contributed by atoms with Gasteiger partial charge < -0.3 is 15.5 Å². The molecular weight excluding hydrogens is 400 g/mol. The Bertz CT molecular complexity index is 612. The summed E-state index contributed by atoms with van der Waals surface area (Å²) in [5.41, 5.74) is 1.25. The minimum Gasteiger partial charge on any atom is -0.369 e.